The summed E-state index contributed by atoms with van der Waals surface area (Å²) in [5.41, 5.74) is 1.14. The van der Waals surface area contributed by atoms with E-state index in [-0.39, 0.29) is 10.8 Å². The van der Waals surface area contributed by atoms with Gasteiger partial charge in [-0.1, -0.05) is 30.5 Å². The maximum absolute atomic E-state index is 13.7. The van der Waals surface area contributed by atoms with Gasteiger partial charge in [-0.2, -0.15) is 0 Å². The summed E-state index contributed by atoms with van der Waals surface area (Å²) in [6, 6.07) is 5.37. The molecule has 3 rings (SSSR count). The molecule has 0 aromatic heterocycles. The van der Waals surface area contributed by atoms with Crippen molar-refractivity contribution in [1.82, 2.24) is 0 Å². The van der Waals surface area contributed by atoms with Crippen molar-refractivity contribution in [1.29, 1.82) is 0 Å². The summed E-state index contributed by atoms with van der Waals surface area (Å²) in [5, 5.41) is 0.234. The molecule has 0 bridgehead atoms. The Morgan fingerprint density at radius 1 is 1.00 bits per heavy atom. The molecule has 2 saturated carbocycles. The summed E-state index contributed by atoms with van der Waals surface area (Å²) in [5.74, 6) is 2.94. The van der Waals surface area contributed by atoms with E-state index in [0.29, 0.717) is 5.92 Å². The lowest BCUT2D eigenvalue weighted by atomic mass is 9.68. The van der Waals surface area contributed by atoms with Crippen LogP contribution in [0.4, 0.5) is 4.39 Å². The molecule has 2 aliphatic rings. The lowest BCUT2D eigenvalue weighted by Crippen LogP contribution is -2.25. The Balaban J connectivity index is 1.46. The van der Waals surface area contributed by atoms with E-state index < -0.39 is 0 Å². The van der Waals surface area contributed by atoms with Gasteiger partial charge in [0.15, 0.2) is 0 Å². The fourth-order valence-corrected chi connectivity index (χ4v) is 5.04. The molecule has 1 nitrogen and oxygen atoms in total. The smallest absolute Gasteiger partial charge is 0.142 e. The van der Waals surface area contributed by atoms with Gasteiger partial charge in [0.2, 0.25) is 0 Å². The second-order valence-electron chi connectivity index (χ2n) is 7.85. The molecular weight excluding hydrogens is 323 g/mol. The molecule has 1 aromatic carbocycles. The fraction of sp³-hybridized carbons (Fsp3) is 0.714. The molecule has 0 atom stereocenters. The van der Waals surface area contributed by atoms with E-state index in [9.17, 15) is 4.39 Å². The molecule has 1 aromatic rings. The van der Waals surface area contributed by atoms with Crippen LogP contribution in [0.25, 0.3) is 0 Å². The predicted octanol–water partition coefficient (Wildman–Crippen LogP) is 6.60. The average molecular weight is 353 g/mol. The Labute approximate surface area is 150 Å². The second kappa shape index (κ2) is 8.67. The van der Waals surface area contributed by atoms with Crippen molar-refractivity contribution in [3.8, 4) is 0 Å². The molecule has 24 heavy (non-hydrogen) atoms. The lowest BCUT2D eigenvalue weighted by Gasteiger charge is -2.38. The van der Waals surface area contributed by atoms with Gasteiger partial charge in [0.05, 0.1) is 5.02 Å². The number of methoxy groups -OCH3 is 1. The Kier molecular flexibility index (Phi) is 6.57. The quantitative estimate of drug-likeness (QED) is 0.580. The highest BCUT2D eigenvalue weighted by Crippen LogP contribution is 2.44. The van der Waals surface area contributed by atoms with Crippen LogP contribution in [0, 0.1) is 23.6 Å². The molecule has 0 spiro atoms. The van der Waals surface area contributed by atoms with Crippen LogP contribution in [0.1, 0.15) is 69.3 Å². The van der Waals surface area contributed by atoms with Crippen LogP contribution in [-0.4, -0.2) is 13.7 Å². The van der Waals surface area contributed by atoms with Gasteiger partial charge in [0, 0.05) is 13.7 Å². The topological polar surface area (TPSA) is 9.23 Å². The molecule has 3 heteroatoms. The Morgan fingerprint density at radius 3 is 2.21 bits per heavy atom. The SMILES string of the molecule is COCCC1CCC(C2CCC(c3ccc(Cl)c(F)c3)CC2)CC1. The number of halogens is 2. The molecular formula is C21H30ClFO. The van der Waals surface area contributed by atoms with E-state index in [1.54, 1.807) is 19.2 Å². The third-order valence-corrected chi connectivity index (χ3v) is 6.78. The minimum atomic E-state index is -0.273. The van der Waals surface area contributed by atoms with Crippen LogP contribution in [0.2, 0.25) is 5.02 Å². The Morgan fingerprint density at radius 2 is 1.62 bits per heavy atom. The van der Waals surface area contributed by atoms with Gasteiger partial charge in [-0.15, -0.1) is 0 Å². The van der Waals surface area contributed by atoms with E-state index in [4.69, 9.17) is 16.3 Å². The monoisotopic (exact) mass is 352 g/mol. The molecule has 0 N–H and O–H groups in total. The van der Waals surface area contributed by atoms with Gasteiger partial charge in [0.1, 0.15) is 5.82 Å². The molecule has 2 aliphatic carbocycles. The van der Waals surface area contributed by atoms with E-state index in [2.05, 4.69) is 0 Å². The highest BCUT2D eigenvalue weighted by atomic mass is 35.5. The van der Waals surface area contributed by atoms with Crippen molar-refractivity contribution >= 4 is 11.6 Å². The third kappa shape index (κ3) is 4.52. The summed E-state index contributed by atoms with van der Waals surface area (Å²) < 4.78 is 18.9. The second-order valence-corrected chi connectivity index (χ2v) is 8.25. The summed E-state index contributed by atoms with van der Waals surface area (Å²) in [7, 11) is 1.80. The Bertz CT molecular complexity index is 517. The van der Waals surface area contributed by atoms with Gasteiger partial charge in [-0.25, -0.2) is 4.39 Å². The van der Waals surface area contributed by atoms with E-state index in [1.165, 1.54) is 57.8 Å². The first-order valence-corrected chi connectivity index (χ1v) is 9.99. The zero-order valence-corrected chi connectivity index (χ0v) is 15.5. The van der Waals surface area contributed by atoms with Crippen molar-refractivity contribution in [2.75, 3.05) is 13.7 Å². The van der Waals surface area contributed by atoms with Crippen molar-refractivity contribution in [2.45, 2.75) is 63.7 Å². The minimum Gasteiger partial charge on any atom is -0.385 e. The first kappa shape index (κ1) is 18.2. The number of benzene rings is 1. The zero-order chi connectivity index (χ0) is 16.9. The van der Waals surface area contributed by atoms with Crippen molar-refractivity contribution < 1.29 is 9.13 Å². The highest BCUT2D eigenvalue weighted by molar-refractivity contribution is 6.30. The molecule has 0 unspecified atom stereocenters. The van der Waals surface area contributed by atoms with Crippen molar-refractivity contribution in [3.05, 3.63) is 34.6 Å². The van der Waals surface area contributed by atoms with Crippen molar-refractivity contribution in [3.63, 3.8) is 0 Å². The molecule has 0 saturated heterocycles. The van der Waals surface area contributed by atoms with Gasteiger partial charge >= 0.3 is 0 Å². The van der Waals surface area contributed by atoms with Gasteiger partial charge in [-0.3, -0.25) is 0 Å². The van der Waals surface area contributed by atoms with Crippen molar-refractivity contribution in [2.24, 2.45) is 17.8 Å². The maximum atomic E-state index is 13.7. The fourth-order valence-electron chi connectivity index (χ4n) is 4.92. The normalized spacial score (nSPS) is 31.1. The number of hydrogen-bond donors (Lipinski definition) is 0. The first-order chi connectivity index (χ1) is 11.7. The number of rotatable bonds is 5. The molecule has 2 fully saturated rings. The van der Waals surface area contributed by atoms with E-state index in [1.807, 2.05) is 6.07 Å². The average Bonchev–Trinajstić information content (AvgIpc) is 2.63. The van der Waals surface area contributed by atoms with Crippen LogP contribution in [-0.2, 0) is 4.74 Å². The molecule has 134 valence electrons. The minimum absolute atomic E-state index is 0.234. The van der Waals surface area contributed by atoms with E-state index in [0.717, 1.165) is 29.9 Å². The lowest BCUT2D eigenvalue weighted by molar-refractivity contribution is 0.129. The zero-order valence-electron chi connectivity index (χ0n) is 14.8. The van der Waals surface area contributed by atoms with Gasteiger partial charge < -0.3 is 4.74 Å². The maximum Gasteiger partial charge on any atom is 0.142 e. The van der Waals surface area contributed by atoms with Crippen LogP contribution in [0.15, 0.2) is 18.2 Å². The molecule has 0 aliphatic heterocycles. The Hall–Kier alpha value is -0.600. The van der Waals surface area contributed by atoms with Crippen LogP contribution in [0.3, 0.4) is 0 Å². The van der Waals surface area contributed by atoms with Crippen LogP contribution in [0.5, 0.6) is 0 Å². The summed E-state index contributed by atoms with van der Waals surface area (Å²) in [4.78, 5) is 0. The number of ether oxygens (including phenoxy) is 1. The summed E-state index contributed by atoms with van der Waals surface area (Å²) in [6.45, 7) is 0.915. The molecule has 0 radical (unpaired) electrons. The summed E-state index contributed by atoms with van der Waals surface area (Å²) in [6.07, 6.45) is 11.8. The van der Waals surface area contributed by atoms with Crippen LogP contribution < -0.4 is 0 Å². The van der Waals surface area contributed by atoms with Gasteiger partial charge in [0.25, 0.3) is 0 Å². The number of hydrogen-bond acceptors (Lipinski definition) is 1. The summed E-state index contributed by atoms with van der Waals surface area (Å²) >= 11 is 5.80. The van der Waals surface area contributed by atoms with Gasteiger partial charge in [-0.05, 0) is 86.3 Å². The molecule has 0 amide bonds. The third-order valence-electron chi connectivity index (χ3n) is 6.48. The van der Waals surface area contributed by atoms with Crippen LogP contribution >= 0.6 is 11.6 Å². The first-order valence-electron chi connectivity index (χ1n) is 9.61. The largest absolute Gasteiger partial charge is 0.385 e. The van der Waals surface area contributed by atoms with E-state index >= 15 is 0 Å². The standard InChI is InChI=1S/C21H30ClFO/c1-24-13-12-15-2-4-16(5-3-15)17-6-8-18(9-7-17)19-10-11-20(22)21(23)14-19/h10-11,14-18H,2-9,12-13H2,1H3. The molecule has 0 heterocycles. The highest BCUT2D eigenvalue weighted by Gasteiger charge is 2.31. The predicted molar refractivity (Wildman–Crippen MR) is 98.1 cm³/mol.